The first-order valence-electron chi connectivity index (χ1n) is 6.54. The highest BCUT2D eigenvalue weighted by molar-refractivity contribution is 4.85. The molecule has 0 saturated carbocycles. The zero-order chi connectivity index (χ0) is 11.9. The highest BCUT2D eigenvalue weighted by Gasteiger charge is 1.89. The molecular formula is C15H25N. The molecule has 0 aromatic carbocycles. The van der Waals surface area contributed by atoms with Crippen molar-refractivity contribution in [2.45, 2.75) is 64.2 Å². The van der Waals surface area contributed by atoms with Crippen LogP contribution in [-0.2, 0) is 0 Å². The van der Waals surface area contributed by atoms with Crippen molar-refractivity contribution in [2.24, 2.45) is 0 Å². The molecule has 1 heteroatoms. The second-order valence-electron chi connectivity index (χ2n) is 4.16. The Hall–Kier alpha value is -1.03. The SMILES string of the molecule is C=CCCCCCCCC/C=C/CCC#N. The van der Waals surface area contributed by atoms with Crippen LogP contribution >= 0.6 is 0 Å². The van der Waals surface area contributed by atoms with Gasteiger partial charge >= 0.3 is 0 Å². The zero-order valence-electron chi connectivity index (χ0n) is 10.5. The molecule has 0 amide bonds. The molecule has 0 bridgehead atoms. The average molecular weight is 219 g/mol. The van der Waals surface area contributed by atoms with Crippen molar-refractivity contribution in [1.29, 1.82) is 5.26 Å². The van der Waals surface area contributed by atoms with Gasteiger partial charge in [0.1, 0.15) is 0 Å². The molecule has 16 heavy (non-hydrogen) atoms. The average Bonchev–Trinajstić information content (AvgIpc) is 2.31. The molecule has 0 atom stereocenters. The van der Waals surface area contributed by atoms with E-state index in [0.29, 0.717) is 6.42 Å². The number of nitriles is 1. The van der Waals surface area contributed by atoms with Crippen molar-refractivity contribution in [3.8, 4) is 6.07 Å². The van der Waals surface area contributed by atoms with Crippen LogP contribution in [0, 0.1) is 11.3 Å². The molecule has 0 rings (SSSR count). The number of rotatable bonds is 11. The Labute approximate surface area is 101 Å². The van der Waals surface area contributed by atoms with Gasteiger partial charge in [-0.1, -0.05) is 43.9 Å². The van der Waals surface area contributed by atoms with Crippen molar-refractivity contribution in [2.75, 3.05) is 0 Å². The number of allylic oxidation sites excluding steroid dienone is 3. The maximum atomic E-state index is 8.34. The maximum absolute atomic E-state index is 8.34. The smallest absolute Gasteiger partial charge is 0.0624 e. The summed E-state index contributed by atoms with van der Waals surface area (Å²) in [6.07, 6.45) is 18.3. The monoisotopic (exact) mass is 219 g/mol. The zero-order valence-corrected chi connectivity index (χ0v) is 10.5. The van der Waals surface area contributed by atoms with E-state index in [4.69, 9.17) is 5.26 Å². The van der Waals surface area contributed by atoms with Gasteiger partial charge in [-0.25, -0.2) is 0 Å². The number of hydrogen-bond acceptors (Lipinski definition) is 1. The number of unbranched alkanes of at least 4 members (excludes halogenated alkanes) is 8. The van der Waals surface area contributed by atoms with Crippen LogP contribution in [0.1, 0.15) is 64.2 Å². The fourth-order valence-corrected chi connectivity index (χ4v) is 1.64. The van der Waals surface area contributed by atoms with Crippen molar-refractivity contribution in [1.82, 2.24) is 0 Å². The van der Waals surface area contributed by atoms with Crippen molar-refractivity contribution >= 4 is 0 Å². The van der Waals surface area contributed by atoms with Gasteiger partial charge in [-0.2, -0.15) is 5.26 Å². The molecule has 1 nitrogen and oxygen atoms in total. The molecule has 0 aliphatic rings. The maximum Gasteiger partial charge on any atom is 0.0624 e. The summed E-state index contributed by atoms with van der Waals surface area (Å²) in [4.78, 5) is 0. The third kappa shape index (κ3) is 13.0. The Morgan fingerprint density at radius 1 is 0.812 bits per heavy atom. The standard InChI is InChI=1S/C15H25N/c1-2-3-4-5-6-7-8-9-10-11-12-13-14-15-16/h2,11-12H,1,3-10,13-14H2/b12-11+. The fraction of sp³-hybridized carbons (Fsp3) is 0.667. The van der Waals surface area contributed by atoms with Gasteiger partial charge in [0.2, 0.25) is 0 Å². The molecule has 0 spiro atoms. The van der Waals surface area contributed by atoms with Gasteiger partial charge in [0.15, 0.2) is 0 Å². The summed E-state index contributed by atoms with van der Waals surface area (Å²) in [5.41, 5.74) is 0. The van der Waals surface area contributed by atoms with Gasteiger partial charge in [0.05, 0.1) is 6.07 Å². The van der Waals surface area contributed by atoms with E-state index >= 15 is 0 Å². The van der Waals surface area contributed by atoms with E-state index in [1.54, 1.807) is 0 Å². The lowest BCUT2D eigenvalue weighted by Crippen LogP contribution is -1.79. The van der Waals surface area contributed by atoms with Gasteiger partial charge in [0, 0.05) is 6.42 Å². The Morgan fingerprint density at radius 3 is 2.00 bits per heavy atom. The molecule has 0 saturated heterocycles. The molecule has 0 N–H and O–H groups in total. The lowest BCUT2D eigenvalue weighted by molar-refractivity contribution is 0.600. The van der Waals surface area contributed by atoms with Gasteiger partial charge in [-0.3, -0.25) is 0 Å². The molecular weight excluding hydrogens is 194 g/mol. The minimum Gasteiger partial charge on any atom is -0.198 e. The molecule has 0 unspecified atom stereocenters. The van der Waals surface area contributed by atoms with Crippen molar-refractivity contribution in [3.05, 3.63) is 24.8 Å². The normalized spacial score (nSPS) is 10.4. The van der Waals surface area contributed by atoms with Crippen LogP contribution < -0.4 is 0 Å². The summed E-state index contributed by atoms with van der Waals surface area (Å²) in [7, 11) is 0. The summed E-state index contributed by atoms with van der Waals surface area (Å²) in [6, 6.07) is 2.14. The second-order valence-corrected chi connectivity index (χ2v) is 4.16. The van der Waals surface area contributed by atoms with Gasteiger partial charge in [-0.15, -0.1) is 6.58 Å². The third-order valence-electron chi connectivity index (χ3n) is 2.62. The summed E-state index contributed by atoms with van der Waals surface area (Å²) in [5.74, 6) is 0. The third-order valence-corrected chi connectivity index (χ3v) is 2.62. The first-order valence-corrected chi connectivity index (χ1v) is 6.54. The van der Waals surface area contributed by atoms with Crippen LogP contribution in [0.3, 0.4) is 0 Å². The summed E-state index contributed by atoms with van der Waals surface area (Å²) in [5, 5.41) is 8.34. The summed E-state index contributed by atoms with van der Waals surface area (Å²) >= 11 is 0. The molecule has 0 fully saturated rings. The molecule has 0 aliphatic carbocycles. The van der Waals surface area contributed by atoms with Crippen LogP contribution in [0.5, 0.6) is 0 Å². The Bertz CT molecular complexity index is 210. The highest BCUT2D eigenvalue weighted by atomic mass is 14.2. The van der Waals surface area contributed by atoms with Crippen LogP contribution in [0.2, 0.25) is 0 Å². The minimum atomic E-state index is 0.653. The summed E-state index contributed by atoms with van der Waals surface area (Å²) in [6.45, 7) is 3.72. The van der Waals surface area contributed by atoms with Crippen LogP contribution in [-0.4, -0.2) is 0 Å². The second kappa shape index (κ2) is 14.0. The largest absolute Gasteiger partial charge is 0.198 e. The Balaban J connectivity index is 3.01. The minimum absolute atomic E-state index is 0.653. The van der Waals surface area contributed by atoms with E-state index in [0.717, 1.165) is 6.42 Å². The van der Waals surface area contributed by atoms with Crippen LogP contribution in [0.4, 0.5) is 0 Å². The highest BCUT2D eigenvalue weighted by Crippen LogP contribution is 2.09. The fourth-order valence-electron chi connectivity index (χ4n) is 1.64. The first kappa shape index (κ1) is 15.0. The lowest BCUT2D eigenvalue weighted by atomic mass is 10.1. The predicted octanol–water partition coefficient (Wildman–Crippen LogP) is 5.15. The topological polar surface area (TPSA) is 23.8 Å². The quantitative estimate of drug-likeness (QED) is 0.348. The molecule has 0 aromatic rings. The van der Waals surface area contributed by atoms with Gasteiger partial charge in [0.25, 0.3) is 0 Å². The van der Waals surface area contributed by atoms with Gasteiger partial charge in [-0.05, 0) is 32.1 Å². The molecule has 0 aliphatic heterocycles. The van der Waals surface area contributed by atoms with E-state index in [1.165, 1.54) is 51.4 Å². The summed E-state index contributed by atoms with van der Waals surface area (Å²) < 4.78 is 0. The van der Waals surface area contributed by atoms with Crippen LogP contribution in [0.15, 0.2) is 24.8 Å². The van der Waals surface area contributed by atoms with Gasteiger partial charge < -0.3 is 0 Å². The van der Waals surface area contributed by atoms with E-state index in [2.05, 4.69) is 24.8 Å². The Kier molecular flexibility index (Phi) is 13.1. The van der Waals surface area contributed by atoms with Crippen molar-refractivity contribution < 1.29 is 0 Å². The first-order chi connectivity index (χ1) is 7.91. The predicted molar refractivity (Wildman–Crippen MR) is 71.1 cm³/mol. The molecule has 0 radical (unpaired) electrons. The lowest BCUT2D eigenvalue weighted by Gasteiger charge is -1.98. The molecule has 0 aromatic heterocycles. The van der Waals surface area contributed by atoms with E-state index < -0.39 is 0 Å². The van der Waals surface area contributed by atoms with Crippen LogP contribution in [0.25, 0.3) is 0 Å². The van der Waals surface area contributed by atoms with E-state index in [-0.39, 0.29) is 0 Å². The number of hydrogen-bond donors (Lipinski definition) is 0. The molecule has 90 valence electrons. The van der Waals surface area contributed by atoms with Crippen molar-refractivity contribution in [3.63, 3.8) is 0 Å². The van der Waals surface area contributed by atoms with E-state index in [9.17, 15) is 0 Å². The number of nitrogens with zero attached hydrogens (tertiary/aromatic N) is 1. The Morgan fingerprint density at radius 2 is 1.38 bits per heavy atom. The van der Waals surface area contributed by atoms with E-state index in [1.807, 2.05) is 6.08 Å². The molecule has 0 heterocycles.